The second-order valence-corrected chi connectivity index (χ2v) is 5.12. The highest BCUT2D eigenvalue weighted by molar-refractivity contribution is 7.99. The van der Waals surface area contributed by atoms with Gasteiger partial charge in [-0.2, -0.15) is 0 Å². The van der Waals surface area contributed by atoms with Crippen LogP contribution >= 0.6 is 11.8 Å². The Morgan fingerprint density at radius 1 is 1.56 bits per heavy atom. The van der Waals surface area contributed by atoms with Crippen LogP contribution < -0.4 is 5.73 Å². The summed E-state index contributed by atoms with van der Waals surface area (Å²) in [5, 5.41) is 0. The molecular formula is C12H16N2OS. The van der Waals surface area contributed by atoms with Gasteiger partial charge in [0.2, 0.25) is 5.91 Å². The highest BCUT2D eigenvalue weighted by atomic mass is 32.2. The van der Waals surface area contributed by atoms with E-state index in [0.717, 1.165) is 12.3 Å². The van der Waals surface area contributed by atoms with Crippen molar-refractivity contribution < 1.29 is 4.79 Å². The van der Waals surface area contributed by atoms with E-state index in [1.165, 1.54) is 16.0 Å². The minimum absolute atomic E-state index is 0.0370. The standard InChI is InChI=1S/C12H16N2OS/c1-9-2-3-11-10(6-9)8-14(4-5-16-11)12(15)7-13/h2-3,6H,4-5,7-8,13H2,1H3. The molecule has 0 aliphatic carbocycles. The van der Waals surface area contributed by atoms with Crippen molar-refractivity contribution in [2.75, 3.05) is 18.8 Å². The van der Waals surface area contributed by atoms with Gasteiger partial charge < -0.3 is 10.6 Å². The van der Waals surface area contributed by atoms with Gasteiger partial charge in [-0.1, -0.05) is 17.7 Å². The van der Waals surface area contributed by atoms with Gasteiger partial charge in [-0.15, -0.1) is 11.8 Å². The van der Waals surface area contributed by atoms with Crippen molar-refractivity contribution in [3.8, 4) is 0 Å². The summed E-state index contributed by atoms with van der Waals surface area (Å²) in [5.41, 5.74) is 7.88. The topological polar surface area (TPSA) is 46.3 Å². The first-order chi connectivity index (χ1) is 7.70. The number of fused-ring (bicyclic) bond motifs is 1. The molecule has 0 bridgehead atoms. The number of hydrogen-bond donors (Lipinski definition) is 1. The molecule has 2 rings (SSSR count). The van der Waals surface area contributed by atoms with Crippen molar-refractivity contribution in [3.05, 3.63) is 29.3 Å². The number of nitrogens with two attached hydrogens (primary N) is 1. The fraction of sp³-hybridized carbons (Fsp3) is 0.417. The van der Waals surface area contributed by atoms with Crippen molar-refractivity contribution in [1.29, 1.82) is 0 Å². The molecule has 0 fully saturated rings. The van der Waals surface area contributed by atoms with E-state index in [0.29, 0.717) is 6.54 Å². The molecule has 4 heteroatoms. The number of thioether (sulfide) groups is 1. The largest absolute Gasteiger partial charge is 0.336 e. The van der Waals surface area contributed by atoms with E-state index in [-0.39, 0.29) is 12.5 Å². The average molecular weight is 236 g/mol. The first kappa shape index (κ1) is 11.5. The Bertz CT molecular complexity index is 406. The van der Waals surface area contributed by atoms with Crippen LogP contribution in [0.4, 0.5) is 0 Å². The molecule has 16 heavy (non-hydrogen) atoms. The van der Waals surface area contributed by atoms with E-state index in [1.54, 1.807) is 0 Å². The Balaban J connectivity index is 2.25. The van der Waals surface area contributed by atoms with Gasteiger partial charge in [0.05, 0.1) is 6.54 Å². The van der Waals surface area contributed by atoms with E-state index in [1.807, 2.05) is 16.7 Å². The van der Waals surface area contributed by atoms with Gasteiger partial charge in [-0.3, -0.25) is 4.79 Å². The molecule has 1 aromatic carbocycles. The number of rotatable bonds is 1. The molecule has 2 N–H and O–H groups in total. The van der Waals surface area contributed by atoms with E-state index in [4.69, 9.17) is 5.73 Å². The first-order valence-electron chi connectivity index (χ1n) is 5.41. The van der Waals surface area contributed by atoms with Crippen LogP contribution in [0.3, 0.4) is 0 Å². The Hall–Kier alpha value is -1.000. The average Bonchev–Trinajstić information content (AvgIpc) is 2.49. The fourth-order valence-electron chi connectivity index (χ4n) is 1.87. The summed E-state index contributed by atoms with van der Waals surface area (Å²) in [4.78, 5) is 14.7. The Morgan fingerprint density at radius 3 is 3.12 bits per heavy atom. The molecule has 0 saturated heterocycles. The van der Waals surface area contributed by atoms with Crippen LogP contribution in [0.25, 0.3) is 0 Å². The molecule has 3 nitrogen and oxygen atoms in total. The number of carbonyl (C=O) groups excluding carboxylic acids is 1. The van der Waals surface area contributed by atoms with Crippen LogP contribution in [0.2, 0.25) is 0 Å². The van der Waals surface area contributed by atoms with Gasteiger partial charge in [0.25, 0.3) is 0 Å². The van der Waals surface area contributed by atoms with Gasteiger partial charge in [0.1, 0.15) is 0 Å². The summed E-state index contributed by atoms with van der Waals surface area (Å²) in [6.45, 7) is 3.66. The highest BCUT2D eigenvalue weighted by Gasteiger charge is 2.17. The number of carbonyl (C=O) groups is 1. The summed E-state index contributed by atoms with van der Waals surface area (Å²) in [5.74, 6) is 0.983. The molecule has 1 aromatic rings. The van der Waals surface area contributed by atoms with Crippen LogP contribution in [0.15, 0.2) is 23.1 Å². The molecule has 0 saturated carbocycles. The molecule has 1 aliphatic rings. The van der Waals surface area contributed by atoms with Crippen LogP contribution in [-0.4, -0.2) is 29.6 Å². The predicted octanol–water partition coefficient (Wildman–Crippen LogP) is 1.39. The molecule has 0 radical (unpaired) electrons. The van der Waals surface area contributed by atoms with Gasteiger partial charge in [-0.25, -0.2) is 0 Å². The van der Waals surface area contributed by atoms with Crippen LogP contribution in [0.5, 0.6) is 0 Å². The number of benzene rings is 1. The van der Waals surface area contributed by atoms with Crippen molar-refractivity contribution in [2.24, 2.45) is 5.73 Å². The molecule has 86 valence electrons. The number of aryl methyl sites for hydroxylation is 1. The maximum Gasteiger partial charge on any atom is 0.236 e. The second-order valence-electron chi connectivity index (χ2n) is 3.98. The highest BCUT2D eigenvalue weighted by Crippen LogP contribution is 2.28. The third-order valence-electron chi connectivity index (χ3n) is 2.72. The maximum atomic E-state index is 11.6. The smallest absolute Gasteiger partial charge is 0.236 e. The van der Waals surface area contributed by atoms with Crippen LogP contribution in [0.1, 0.15) is 11.1 Å². The summed E-state index contributed by atoms with van der Waals surface area (Å²) in [6, 6.07) is 6.42. The zero-order valence-electron chi connectivity index (χ0n) is 9.40. The minimum atomic E-state index is 0.0370. The fourth-order valence-corrected chi connectivity index (χ4v) is 2.87. The molecule has 0 atom stereocenters. The summed E-state index contributed by atoms with van der Waals surface area (Å²) in [7, 11) is 0. The molecule has 1 amide bonds. The molecule has 0 unspecified atom stereocenters. The first-order valence-corrected chi connectivity index (χ1v) is 6.39. The van der Waals surface area contributed by atoms with E-state index < -0.39 is 0 Å². The van der Waals surface area contributed by atoms with Crippen molar-refractivity contribution in [3.63, 3.8) is 0 Å². The lowest BCUT2D eigenvalue weighted by Crippen LogP contribution is -2.36. The van der Waals surface area contributed by atoms with Gasteiger partial charge >= 0.3 is 0 Å². The zero-order valence-corrected chi connectivity index (χ0v) is 10.2. The SMILES string of the molecule is Cc1ccc2c(c1)CN(C(=O)CN)CCS2. The number of amides is 1. The van der Waals surface area contributed by atoms with Gasteiger partial charge in [0.15, 0.2) is 0 Å². The molecular weight excluding hydrogens is 220 g/mol. The summed E-state index contributed by atoms with van der Waals surface area (Å²) < 4.78 is 0. The minimum Gasteiger partial charge on any atom is -0.336 e. The lowest BCUT2D eigenvalue weighted by Gasteiger charge is -2.19. The third-order valence-corrected chi connectivity index (χ3v) is 3.82. The molecule has 1 aliphatic heterocycles. The molecule has 0 spiro atoms. The normalized spacial score (nSPS) is 15.5. The van der Waals surface area contributed by atoms with E-state index >= 15 is 0 Å². The van der Waals surface area contributed by atoms with E-state index in [9.17, 15) is 4.79 Å². The zero-order chi connectivity index (χ0) is 11.5. The van der Waals surface area contributed by atoms with Crippen molar-refractivity contribution >= 4 is 17.7 Å². The predicted molar refractivity (Wildman–Crippen MR) is 66.4 cm³/mol. The van der Waals surface area contributed by atoms with Crippen molar-refractivity contribution in [1.82, 2.24) is 4.90 Å². The Labute approximate surface area is 100.0 Å². The van der Waals surface area contributed by atoms with Crippen molar-refractivity contribution in [2.45, 2.75) is 18.4 Å². The second kappa shape index (κ2) is 4.89. The number of nitrogens with zero attached hydrogens (tertiary/aromatic N) is 1. The van der Waals surface area contributed by atoms with Gasteiger partial charge in [0, 0.05) is 23.7 Å². The lowest BCUT2D eigenvalue weighted by molar-refractivity contribution is -0.130. The summed E-state index contributed by atoms with van der Waals surface area (Å²) in [6.07, 6.45) is 0. The monoisotopic (exact) mass is 236 g/mol. The third kappa shape index (κ3) is 2.39. The molecule has 1 heterocycles. The Kier molecular flexibility index (Phi) is 3.51. The number of hydrogen-bond acceptors (Lipinski definition) is 3. The Morgan fingerprint density at radius 2 is 2.38 bits per heavy atom. The quantitative estimate of drug-likeness (QED) is 0.801. The van der Waals surface area contributed by atoms with Gasteiger partial charge in [-0.05, 0) is 18.6 Å². The maximum absolute atomic E-state index is 11.6. The molecule has 0 aromatic heterocycles. The van der Waals surface area contributed by atoms with Crippen LogP contribution in [0, 0.1) is 6.92 Å². The summed E-state index contributed by atoms with van der Waals surface area (Å²) >= 11 is 1.82. The van der Waals surface area contributed by atoms with Crippen LogP contribution in [-0.2, 0) is 11.3 Å². The lowest BCUT2D eigenvalue weighted by atomic mass is 10.1. The van der Waals surface area contributed by atoms with E-state index in [2.05, 4.69) is 25.1 Å².